The van der Waals surface area contributed by atoms with Crippen LogP contribution in [0.1, 0.15) is 34.2 Å². The number of rotatable bonds is 3. The third-order valence-electron chi connectivity index (χ3n) is 3.20. The molecular weight excluding hydrogens is 238 g/mol. The number of aromatic nitrogens is 2. The second kappa shape index (κ2) is 5.26. The normalized spacial score (nSPS) is 10.5. The molecule has 0 radical (unpaired) electrons. The molecule has 0 saturated carbocycles. The second-order valence-corrected chi connectivity index (χ2v) is 4.60. The lowest BCUT2D eigenvalue weighted by Gasteiger charge is -2.08. The first-order valence-electron chi connectivity index (χ1n) is 6.46. The van der Waals surface area contributed by atoms with Crippen LogP contribution in [-0.2, 0) is 0 Å². The molecule has 0 aliphatic carbocycles. The minimum Gasteiger partial charge on any atom is -0.352 e. The van der Waals surface area contributed by atoms with E-state index in [4.69, 9.17) is 0 Å². The van der Waals surface area contributed by atoms with Gasteiger partial charge in [-0.05, 0) is 39.3 Å². The molecule has 0 aliphatic rings. The summed E-state index contributed by atoms with van der Waals surface area (Å²) < 4.78 is 1.84. The van der Waals surface area contributed by atoms with Gasteiger partial charge in [0.2, 0.25) is 0 Å². The van der Waals surface area contributed by atoms with E-state index in [0.29, 0.717) is 12.1 Å². The summed E-state index contributed by atoms with van der Waals surface area (Å²) >= 11 is 0. The van der Waals surface area contributed by atoms with Crippen molar-refractivity contribution in [3.8, 4) is 5.69 Å². The minimum absolute atomic E-state index is 0.0580. The Balaban J connectivity index is 2.54. The zero-order valence-electron chi connectivity index (χ0n) is 11.8. The minimum atomic E-state index is -0.0580. The van der Waals surface area contributed by atoms with Crippen molar-refractivity contribution in [2.24, 2.45) is 0 Å². The molecule has 2 rings (SSSR count). The largest absolute Gasteiger partial charge is 0.352 e. The van der Waals surface area contributed by atoms with E-state index in [2.05, 4.69) is 10.4 Å². The Hall–Kier alpha value is -2.10. The summed E-state index contributed by atoms with van der Waals surface area (Å²) in [4.78, 5) is 12.1. The topological polar surface area (TPSA) is 46.9 Å². The number of aryl methyl sites for hydroxylation is 2. The summed E-state index contributed by atoms with van der Waals surface area (Å²) in [5, 5.41) is 7.33. The Morgan fingerprint density at radius 3 is 2.58 bits per heavy atom. The van der Waals surface area contributed by atoms with Crippen LogP contribution in [0.15, 0.2) is 24.3 Å². The van der Waals surface area contributed by atoms with Gasteiger partial charge in [-0.2, -0.15) is 5.10 Å². The van der Waals surface area contributed by atoms with E-state index in [9.17, 15) is 4.79 Å². The standard InChI is InChI=1S/C15H19N3O/c1-5-16-15(19)14-11(3)17-18(12(14)4)13-9-7-6-8-10(13)2/h6-9H,5H2,1-4H3,(H,16,19). The Bertz CT molecular complexity index is 614. The molecule has 0 atom stereocenters. The molecule has 0 bridgehead atoms. The lowest BCUT2D eigenvalue weighted by Crippen LogP contribution is -2.23. The molecule has 0 spiro atoms. The van der Waals surface area contributed by atoms with Crippen LogP contribution in [-0.4, -0.2) is 22.2 Å². The van der Waals surface area contributed by atoms with Crippen molar-refractivity contribution in [3.63, 3.8) is 0 Å². The summed E-state index contributed by atoms with van der Waals surface area (Å²) in [6, 6.07) is 8.02. The number of amides is 1. The van der Waals surface area contributed by atoms with Crippen molar-refractivity contribution in [2.45, 2.75) is 27.7 Å². The fourth-order valence-corrected chi connectivity index (χ4v) is 2.26. The van der Waals surface area contributed by atoms with E-state index < -0.39 is 0 Å². The van der Waals surface area contributed by atoms with E-state index in [1.807, 2.05) is 56.6 Å². The molecule has 1 aromatic carbocycles. The van der Waals surface area contributed by atoms with Crippen molar-refractivity contribution in [3.05, 3.63) is 46.8 Å². The van der Waals surface area contributed by atoms with Gasteiger partial charge in [0.15, 0.2) is 0 Å². The molecule has 19 heavy (non-hydrogen) atoms. The van der Waals surface area contributed by atoms with E-state index in [0.717, 1.165) is 22.6 Å². The van der Waals surface area contributed by atoms with Crippen LogP contribution in [0.2, 0.25) is 0 Å². The molecule has 2 aromatic rings. The third kappa shape index (κ3) is 2.38. The van der Waals surface area contributed by atoms with E-state index in [1.165, 1.54) is 0 Å². The Morgan fingerprint density at radius 2 is 1.95 bits per heavy atom. The van der Waals surface area contributed by atoms with Crippen LogP contribution in [0.25, 0.3) is 5.69 Å². The first-order valence-corrected chi connectivity index (χ1v) is 6.46. The van der Waals surface area contributed by atoms with Gasteiger partial charge in [-0.25, -0.2) is 4.68 Å². The fraction of sp³-hybridized carbons (Fsp3) is 0.333. The molecule has 1 N–H and O–H groups in total. The van der Waals surface area contributed by atoms with Crippen LogP contribution in [0.5, 0.6) is 0 Å². The lowest BCUT2D eigenvalue weighted by molar-refractivity contribution is 0.0954. The highest BCUT2D eigenvalue weighted by atomic mass is 16.1. The van der Waals surface area contributed by atoms with E-state index in [-0.39, 0.29) is 5.91 Å². The van der Waals surface area contributed by atoms with Gasteiger partial charge in [-0.3, -0.25) is 4.79 Å². The maximum absolute atomic E-state index is 12.1. The van der Waals surface area contributed by atoms with E-state index >= 15 is 0 Å². The molecular formula is C15H19N3O. The van der Waals surface area contributed by atoms with Crippen molar-refractivity contribution < 1.29 is 4.79 Å². The molecule has 0 saturated heterocycles. The van der Waals surface area contributed by atoms with Gasteiger partial charge in [0.1, 0.15) is 0 Å². The first kappa shape index (κ1) is 13.3. The number of carbonyl (C=O) groups is 1. The summed E-state index contributed by atoms with van der Waals surface area (Å²) in [7, 11) is 0. The zero-order valence-corrected chi connectivity index (χ0v) is 11.8. The molecule has 4 heteroatoms. The van der Waals surface area contributed by atoms with Crippen LogP contribution in [0.3, 0.4) is 0 Å². The van der Waals surface area contributed by atoms with Gasteiger partial charge in [0.25, 0.3) is 5.91 Å². The van der Waals surface area contributed by atoms with Crippen molar-refractivity contribution in [1.29, 1.82) is 0 Å². The quantitative estimate of drug-likeness (QED) is 0.918. The number of para-hydroxylation sites is 1. The third-order valence-corrected chi connectivity index (χ3v) is 3.20. The zero-order chi connectivity index (χ0) is 14.0. The maximum Gasteiger partial charge on any atom is 0.255 e. The average Bonchev–Trinajstić information content (AvgIpc) is 2.66. The average molecular weight is 257 g/mol. The molecule has 1 amide bonds. The van der Waals surface area contributed by atoms with Gasteiger partial charge in [0, 0.05) is 6.54 Å². The fourth-order valence-electron chi connectivity index (χ4n) is 2.26. The number of carbonyl (C=O) groups excluding carboxylic acids is 1. The number of benzene rings is 1. The highest BCUT2D eigenvalue weighted by molar-refractivity contribution is 5.96. The predicted molar refractivity (Wildman–Crippen MR) is 75.8 cm³/mol. The smallest absolute Gasteiger partial charge is 0.255 e. The van der Waals surface area contributed by atoms with Gasteiger partial charge >= 0.3 is 0 Å². The Labute approximate surface area is 113 Å². The predicted octanol–water partition coefficient (Wildman–Crippen LogP) is 2.55. The molecule has 4 nitrogen and oxygen atoms in total. The van der Waals surface area contributed by atoms with E-state index in [1.54, 1.807) is 0 Å². The van der Waals surface area contributed by atoms with Crippen molar-refractivity contribution in [2.75, 3.05) is 6.54 Å². The van der Waals surface area contributed by atoms with Gasteiger partial charge in [-0.1, -0.05) is 18.2 Å². The number of nitrogens with one attached hydrogen (secondary N) is 1. The Morgan fingerprint density at radius 1 is 1.26 bits per heavy atom. The number of hydrogen-bond acceptors (Lipinski definition) is 2. The highest BCUT2D eigenvalue weighted by Gasteiger charge is 2.19. The summed E-state index contributed by atoms with van der Waals surface area (Å²) in [5.74, 6) is -0.0580. The van der Waals surface area contributed by atoms with Gasteiger partial charge in [-0.15, -0.1) is 0 Å². The molecule has 0 fully saturated rings. The van der Waals surface area contributed by atoms with Crippen LogP contribution >= 0.6 is 0 Å². The van der Waals surface area contributed by atoms with Crippen molar-refractivity contribution in [1.82, 2.24) is 15.1 Å². The van der Waals surface area contributed by atoms with Crippen LogP contribution < -0.4 is 5.32 Å². The summed E-state index contributed by atoms with van der Waals surface area (Å²) in [6.45, 7) is 8.36. The second-order valence-electron chi connectivity index (χ2n) is 4.60. The first-order chi connectivity index (χ1) is 9.06. The summed E-state index contributed by atoms with van der Waals surface area (Å²) in [5.41, 5.74) is 4.45. The number of hydrogen-bond donors (Lipinski definition) is 1. The van der Waals surface area contributed by atoms with Gasteiger partial charge in [0.05, 0.1) is 22.6 Å². The molecule has 0 unspecified atom stereocenters. The molecule has 1 heterocycles. The van der Waals surface area contributed by atoms with Crippen LogP contribution in [0.4, 0.5) is 0 Å². The van der Waals surface area contributed by atoms with Crippen LogP contribution in [0, 0.1) is 20.8 Å². The monoisotopic (exact) mass is 257 g/mol. The molecule has 0 aliphatic heterocycles. The SMILES string of the molecule is CCNC(=O)c1c(C)nn(-c2ccccc2C)c1C. The summed E-state index contributed by atoms with van der Waals surface area (Å²) in [6.07, 6.45) is 0. The molecule has 100 valence electrons. The Kier molecular flexibility index (Phi) is 3.69. The highest BCUT2D eigenvalue weighted by Crippen LogP contribution is 2.20. The van der Waals surface area contributed by atoms with Gasteiger partial charge < -0.3 is 5.32 Å². The van der Waals surface area contributed by atoms with Crippen molar-refractivity contribution >= 4 is 5.91 Å². The molecule has 1 aromatic heterocycles. The lowest BCUT2D eigenvalue weighted by atomic mass is 10.1. The number of nitrogens with zero attached hydrogens (tertiary/aromatic N) is 2. The maximum atomic E-state index is 12.1.